The van der Waals surface area contributed by atoms with Gasteiger partial charge in [-0.3, -0.25) is 9.78 Å². The lowest BCUT2D eigenvalue weighted by Gasteiger charge is -2.04. The van der Waals surface area contributed by atoms with E-state index in [4.69, 9.17) is 4.98 Å². The number of hydrazone groups is 1. The van der Waals surface area contributed by atoms with E-state index in [0.717, 1.165) is 16.8 Å². The maximum Gasteiger partial charge on any atom is 0.269 e. The molecule has 4 heterocycles. The molecule has 0 bridgehead atoms. The Labute approximate surface area is 148 Å². The lowest BCUT2D eigenvalue weighted by atomic mass is 9.98. The van der Waals surface area contributed by atoms with E-state index >= 15 is 0 Å². The predicted octanol–water partition coefficient (Wildman–Crippen LogP) is 3.01. The first kappa shape index (κ1) is 15.8. The van der Waals surface area contributed by atoms with Crippen molar-refractivity contribution in [3.8, 4) is 11.5 Å². The van der Waals surface area contributed by atoms with Gasteiger partial charge in [0.15, 0.2) is 18.1 Å². The van der Waals surface area contributed by atoms with Crippen LogP contribution in [0.1, 0.15) is 32.3 Å². The van der Waals surface area contributed by atoms with Crippen molar-refractivity contribution in [1.29, 1.82) is 0 Å². The van der Waals surface area contributed by atoms with Crippen LogP contribution in [0.5, 0.6) is 0 Å². The largest absolute Gasteiger partial charge is 0.304 e. The van der Waals surface area contributed by atoms with Crippen LogP contribution in [0.15, 0.2) is 39.7 Å². The summed E-state index contributed by atoms with van der Waals surface area (Å²) < 4.78 is 2.61. The van der Waals surface area contributed by atoms with Crippen molar-refractivity contribution < 1.29 is 4.68 Å². The third kappa shape index (κ3) is 2.70. The summed E-state index contributed by atoms with van der Waals surface area (Å²) in [4.78, 5) is 24.3. The molecule has 25 heavy (non-hydrogen) atoms. The summed E-state index contributed by atoms with van der Waals surface area (Å²) >= 11 is 1.42. The number of H-pyrrole nitrogens is 1. The highest BCUT2D eigenvalue weighted by atomic mass is 32.1. The Kier molecular flexibility index (Phi) is 3.80. The second kappa shape index (κ2) is 6.00. The zero-order valence-electron chi connectivity index (χ0n) is 14.2. The van der Waals surface area contributed by atoms with Crippen molar-refractivity contribution in [3.05, 3.63) is 45.7 Å². The Bertz CT molecular complexity index is 1060. The molecule has 0 saturated heterocycles. The van der Waals surface area contributed by atoms with Crippen molar-refractivity contribution in [2.75, 3.05) is 0 Å². The number of aromatic nitrogens is 3. The fourth-order valence-corrected chi connectivity index (χ4v) is 3.86. The molecule has 1 unspecified atom stereocenters. The van der Waals surface area contributed by atoms with E-state index in [-0.39, 0.29) is 11.5 Å². The van der Waals surface area contributed by atoms with Crippen LogP contribution in [-0.4, -0.2) is 37.6 Å². The second-order valence-electron chi connectivity index (χ2n) is 6.34. The van der Waals surface area contributed by atoms with Crippen LogP contribution in [0.3, 0.4) is 0 Å². The van der Waals surface area contributed by atoms with Crippen molar-refractivity contribution in [2.45, 2.75) is 32.7 Å². The SMILES string of the molecule is CC1=N[N+](C(C)C)=CC1c1csc2c(=O)[nH]c(-c3ccccn3)nc12. The van der Waals surface area contributed by atoms with Gasteiger partial charge in [0, 0.05) is 11.8 Å². The molecule has 4 rings (SSSR count). The van der Waals surface area contributed by atoms with Crippen LogP contribution in [-0.2, 0) is 0 Å². The molecule has 0 fully saturated rings. The molecule has 0 amide bonds. The van der Waals surface area contributed by atoms with Crippen molar-refractivity contribution in [1.82, 2.24) is 15.0 Å². The van der Waals surface area contributed by atoms with Crippen LogP contribution in [0.2, 0.25) is 0 Å². The summed E-state index contributed by atoms with van der Waals surface area (Å²) in [6.45, 7) is 6.22. The molecule has 7 heteroatoms. The minimum atomic E-state index is -0.129. The number of aromatic amines is 1. The summed E-state index contributed by atoms with van der Waals surface area (Å²) in [5, 5.41) is 6.62. The van der Waals surface area contributed by atoms with Crippen LogP contribution < -0.4 is 5.56 Å². The Morgan fingerprint density at radius 3 is 2.84 bits per heavy atom. The fourth-order valence-electron chi connectivity index (χ4n) is 2.92. The van der Waals surface area contributed by atoms with Crippen molar-refractivity contribution >= 4 is 33.5 Å². The maximum absolute atomic E-state index is 12.5. The Hall–Kier alpha value is -2.67. The topological polar surface area (TPSA) is 74.0 Å². The van der Waals surface area contributed by atoms with Crippen LogP contribution in [0.25, 0.3) is 21.7 Å². The first-order valence-electron chi connectivity index (χ1n) is 8.16. The van der Waals surface area contributed by atoms with E-state index < -0.39 is 0 Å². The van der Waals surface area contributed by atoms with E-state index in [1.807, 2.05) is 35.2 Å². The Morgan fingerprint density at radius 1 is 1.32 bits per heavy atom. The molecule has 126 valence electrons. The third-order valence-corrected chi connectivity index (χ3v) is 5.24. The number of fused-ring (bicyclic) bond motifs is 1. The molecule has 1 atom stereocenters. The van der Waals surface area contributed by atoms with Gasteiger partial charge in [0.25, 0.3) is 5.56 Å². The molecule has 1 aliphatic heterocycles. The summed E-state index contributed by atoms with van der Waals surface area (Å²) in [6, 6.07) is 5.85. The monoisotopic (exact) mass is 352 g/mol. The zero-order valence-corrected chi connectivity index (χ0v) is 15.0. The fraction of sp³-hybridized carbons (Fsp3) is 0.278. The average molecular weight is 352 g/mol. The molecule has 0 radical (unpaired) electrons. The van der Waals surface area contributed by atoms with Gasteiger partial charge in [0.05, 0.1) is 11.2 Å². The number of rotatable bonds is 3. The number of pyridine rings is 1. The van der Waals surface area contributed by atoms with Gasteiger partial charge >= 0.3 is 0 Å². The van der Waals surface area contributed by atoms with Gasteiger partial charge in [-0.05, 0) is 43.4 Å². The summed E-state index contributed by atoms with van der Waals surface area (Å²) in [6.07, 6.45) is 3.79. The first-order valence-corrected chi connectivity index (χ1v) is 9.04. The molecular formula is C18H18N5OS+. The van der Waals surface area contributed by atoms with Gasteiger partial charge in [-0.25, -0.2) is 4.98 Å². The molecule has 0 aromatic carbocycles. The molecule has 6 nitrogen and oxygen atoms in total. The molecule has 3 aromatic rings. The highest BCUT2D eigenvalue weighted by Gasteiger charge is 2.31. The average Bonchev–Trinajstić information content (AvgIpc) is 3.19. The smallest absolute Gasteiger partial charge is 0.269 e. The van der Waals surface area contributed by atoms with Gasteiger partial charge < -0.3 is 4.98 Å². The van der Waals surface area contributed by atoms with Gasteiger partial charge in [-0.1, -0.05) is 10.8 Å². The van der Waals surface area contributed by atoms with E-state index in [9.17, 15) is 4.79 Å². The third-order valence-electron chi connectivity index (χ3n) is 4.25. The van der Waals surface area contributed by atoms with Gasteiger partial charge in [0.2, 0.25) is 0 Å². The van der Waals surface area contributed by atoms with E-state index in [1.54, 1.807) is 6.20 Å². The minimum absolute atomic E-state index is 0.0435. The highest BCUT2D eigenvalue weighted by molar-refractivity contribution is 7.17. The van der Waals surface area contributed by atoms with Crippen LogP contribution in [0.4, 0.5) is 0 Å². The standard InChI is InChI=1S/C18H17N5OS/c1-10(2)23-8-12(11(3)22-23)13-9-25-16-15(13)20-17(21-18(16)24)14-6-4-5-7-19-14/h4-10,12H,1-3H3/p+1. The Morgan fingerprint density at radius 2 is 2.16 bits per heavy atom. The lowest BCUT2D eigenvalue weighted by molar-refractivity contribution is -0.557. The number of hydrogen-bond donors (Lipinski definition) is 1. The normalized spacial score (nSPS) is 17.2. The quantitative estimate of drug-likeness (QED) is 0.736. The van der Waals surface area contributed by atoms with Gasteiger partial charge in [-0.2, -0.15) is 0 Å². The van der Waals surface area contributed by atoms with Crippen molar-refractivity contribution in [2.24, 2.45) is 5.10 Å². The van der Waals surface area contributed by atoms with Gasteiger partial charge in [-0.15, -0.1) is 11.3 Å². The minimum Gasteiger partial charge on any atom is -0.304 e. The second-order valence-corrected chi connectivity index (χ2v) is 7.22. The highest BCUT2D eigenvalue weighted by Crippen LogP contribution is 2.31. The van der Waals surface area contributed by atoms with Crippen molar-refractivity contribution in [3.63, 3.8) is 0 Å². The molecule has 1 aliphatic rings. The number of hydrogen-bond acceptors (Lipinski definition) is 5. The van der Waals surface area contributed by atoms with E-state index in [1.165, 1.54) is 11.3 Å². The molecule has 0 spiro atoms. The van der Waals surface area contributed by atoms with E-state index in [2.05, 4.69) is 35.1 Å². The predicted molar refractivity (Wildman–Crippen MR) is 101 cm³/mol. The molecule has 0 aliphatic carbocycles. The first-order chi connectivity index (χ1) is 12.0. The van der Waals surface area contributed by atoms with Crippen LogP contribution >= 0.6 is 11.3 Å². The maximum atomic E-state index is 12.5. The Balaban J connectivity index is 1.88. The molecule has 3 aromatic heterocycles. The summed E-state index contributed by atoms with van der Waals surface area (Å²) in [5.74, 6) is 0.535. The summed E-state index contributed by atoms with van der Waals surface area (Å²) in [7, 11) is 0. The van der Waals surface area contributed by atoms with E-state index in [0.29, 0.717) is 22.3 Å². The number of nitrogens with zero attached hydrogens (tertiary/aromatic N) is 4. The number of nitrogens with one attached hydrogen (secondary N) is 1. The molecular weight excluding hydrogens is 334 g/mol. The molecule has 1 N–H and O–H groups in total. The molecule has 0 saturated carbocycles. The van der Waals surface area contributed by atoms with Gasteiger partial charge in [0.1, 0.15) is 16.3 Å². The lowest BCUT2D eigenvalue weighted by Crippen LogP contribution is -2.14. The summed E-state index contributed by atoms with van der Waals surface area (Å²) in [5.41, 5.74) is 3.29. The number of thiophene rings is 1. The van der Waals surface area contributed by atoms with Crippen LogP contribution in [0, 0.1) is 0 Å². The zero-order chi connectivity index (χ0) is 17.6.